The summed E-state index contributed by atoms with van der Waals surface area (Å²) >= 11 is 23.9. The zero-order chi connectivity index (χ0) is 34.6. The average Bonchev–Trinajstić information content (AvgIpc) is 2.99. The van der Waals surface area contributed by atoms with Crippen LogP contribution in [0.4, 0.5) is 23.1 Å². The molecule has 46 heavy (non-hydrogen) atoms. The Morgan fingerprint density at radius 2 is 1.61 bits per heavy atom. The lowest BCUT2D eigenvalue weighted by molar-refractivity contribution is -0.140. The first-order valence-electron chi connectivity index (χ1n) is 13.8. The van der Waals surface area contributed by atoms with Gasteiger partial charge in [-0.15, -0.1) is 23.2 Å². The molecule has 0 radical (unpaired) electrons. The van der Waals surface area contributed by atoms with Gasteiger partial charge in [-0.25, -0.2) is 4.79 Å². The van der Waals surface area contributed by atoms with Gasteiger partial charge in [0, 0.05) is 43.6 Å². The number of hydrogen-bond acceptors (Lipinski definition) is 10. The highest BCUT2D eigenvalue weighted by Crippen LogP contribution is 2.20. The second-order valence-electron chi connectivity index (χ2n) is 9.60. The fourth-order valence-corrected chi connectivity index (χ4v) is 4.04. The minimum atomic E-state index is -1.30. The van der Waals surface area contributed by atoms with Gasteiger partial charge in [0.25, 0.3) is 11.5 Å². The first-order chi connectivity index (χ1) is 21.8. The molecule has 1 aliphatic heterocycles. The van der Waals surface area contributed by atoms with E-state index >= 15 is 0 Å². The molecule has 2 atom stereocenters. The third-order valence-electron chi connectivity index (χ3n) is 6.16. The van der Waals surface area contributed by atoms with Crippen LogP contribution >= 0.6 is 58.0 Å². The van der Waals surface area contributed by atoms with Crippen LogP contribution in [0, 0.1) is 0 Å². The Bertz CT molecular complexity index is 1320. The summed E-state index contributed by atoms with van der Waals surface area (Å²) in [4.78, 5) is 63.1. The highest BCUT2D eigenvalue weighted by molar-refractivity contribution is 6.63. The van der Waals surface area contributed by atoms with E-state index in [2.05, 4.69) is 31.2 Å². The topological polar surface area (TPSA) is 229 Å². The number of hydrogen-bond donors (Lipinski definition) is 8. The molecule has 1 aliphatic carbocycles. The molecule has 1 aromatic heterocycles. The van der Waals surface area contributed by atoms with Gasteiger partial charge >= 0.3 is 11.9 Å². The summed E-state index contributed by atoms with van der Waals surface area (Å²) in [7, 11) is 0. The van der Waals surface area contributed by atoms with Crippen molar-refractivity contribution in [2.24, 2.45) is 0 Å². The summed E-state index contributed by atoms with van der Waals surface area (Å²) in [6.45, 7) is 0.960. The van der Waals surface area contributed by atoms with Crippen molar-refractivity contribution in [3.8, 4) is 0 Å². The number of Topliss-reactive ketones (excluding diaryl/α,β-unsaturated/α-hetero) is 1. The Kier molecular flexibility index (Phi) is 19.9. The number of rotatable bonds is 9. The monoisotopic (exact) mass is 745 g/mol. The Hall–Kier alpha value is -3.17. The molecule has 2 aromatic rings. The highest BCUT2D eigenvalue weighted by atomic mass is 35.6. The van der Waals surface area contributed by atoms with E-state index in [0.717, 1.165) is 25.7 Å². The van der Waals surface area contributed by atoms with Crippen molar-refractivity contribution in [3.05, 3.63) is 40.2 Å². The SMILES string of the molecule is ClC(Cl)Cl.ClCCl.Nc1nc2c(c(=O)[nH]1)N[C@H](CNc1ccc(C(=O)N[C@@H](CCC(=O)O)C(=O)O)cc1)CN2.O=C1CCCCC1. The normalized spacial score (nSPS) is 15.3. The largest absolute Gasteiger partial charge is 0.481 e. The van der Waals surface area contributed by atoms with E-state index in [1.807, 2.05) is 0 Å². The molecule has 1 amide bonds. The van der Waals surface area contributed by atoms with Crippen molar-refractivity contribution >= 4 is 105 Å². The van der Waals surface area contributed by atoms with E-state index in [-0.39, 0.29) is 41.3 Å². The number of aliphatic carboxylic acids is 2. The van der Waals surface area contributed by atoms with Crippen LogP contribution in [0.5, 0.6) is 0 Å². The van der Waals surface area contributed by atoms with Crippen LogP contribution in [0.25, 0.3) is 0 Å². The zero-order valence-corrected chi connectivity index (χ0v) is 28.2. The van der Waals surface area contributed by atoms with Crippen molar-refractivity contribution < 1.29 is 29.4 Å². The number of anilines is 4. The van der Waals surface area contributed by atoms with Crippen LogP contribution < -0.4 is 32.6 Å². The predicted octanol–water partition coefficient (Wildman–Crippen LogP) is 4.65. The lowest BCUT2D eigenvalue weighted by Gasteiger charge is -2.27. The number of amides is 1. The lowest BCUT2D eigenvalue weighted by Crippen LogP contribution is -2.41. The number of aromatic nitrogens is 2. The number of nitrogens with one attached hydrogen (secondary N) is 5. The molecule has 0 spiro atoms. The van der Waals surface area contributed by atoms with Crippen LogP contribution in [-0.4, -0.2) is 78.6 Å². The van der Waals surface area contributed by atoms with Crippen molar-refractivity contribution in [1.29, 1.82) is 0 Å². The maximum Gasteiger partial charge on any atom is 0.326 e. The Balaban J connectivity index is 0.000000627. The van der Waals surface area contributed by atoms with Gasteiger partial charge < -0.3 is 37.2 Å². The third kappa shape index (κ3) is 16.9. The van der Waals surface area contributed by atoms with Crippen molar-refractivity contribution in [2.75, 3.05) is 40.1 Å². The van der Waals surface area contributed by atoms with E-state index in [9.17, 15) is 24.0 Å². The summed E-state index contributed by atoms with van der Waals surface area (Å²) in [6.07, 6.45) is 4.65. The smallest absolute Gasteiger partial charge is 0.326 e. The van der Waals surface area contributed by atoms with Gasteiger partial charge in [-0.1, -0.05) is 41.2 Å². The summed E-state index contributed by atoms with van der Waals surface area (Å²) in [5.41, 5.74) is 6.40. The maximum atomic E-state index is 12.3. The highest BCUT2D eigenvalue weighted by Gasteiger charge is 2.23. The molecule has 9 N–H and O–H groups in total. The first-order valence-corrected chi connectivity index (χ1v) is 16.2. The van der Waals surface area contributed by atoms with E-state index in [1.165, 1.54) is 18.6 Å². The molecule has 256 valence electrons. The number of carbonyl (C=O) groups is 4. The number of alkyl halides is 5. The third-order valence-corrected chi connectivity index (χ3v) is 6.16. The van der Waals surface area contributed by atoms with Crippen LogP contribution in [0.2, 0.25) is 0 Å². The van der Waals surface area contributed by atoms with E-state index in [4.69, 9.17) is 74.0 Å². The van der Waals surface area contributed by atoms with Gasteiger partial charge in [0.05, 0.1) is 11.4 Å². The summed E-state index contributed by atoms with van der Waals surface area (Å²) in [5, 5.41) is 29.7. The van der Waals surface area contributed by atoms with Gasteiger partial charge in [-0.05, 0) is 43.5 Å². The van der Waals surface area contributed by atoms with Crippen LogP contribution in [0.3, 0.4) is 0 Å². The number of ketones is 1. The second kappa shape index (κ2) is 22.4. The van der Waals surface area contributed by atoms with Gasteiger partial charge in [0.2, 0.25) is 5.95 Å². The molecule has 0 bridgehead atoms. The Morgan fingerprint density at radius 1 is 1.02 bits per heavy atom. The van der Waals surface area contributed by atoms with Crippen molar-refractivity contribution in [3.63, 3.8) is 0 Å². The van der Waals surface area contributed by atoms with Gasteiger partial charge in [0.1, 0.15) is 17.5 Å². The first kappa shape index (κ1) is 40.9. The molecule has 2 heterocycles. The van der Waals surface area contributed by atoms with Gasteiger partial charge in [0.15, 0.2) is 10.1 Å². The van der Waals surface area contributed by atoms with E-state index in [1.54, 1.807) is 12.1 Å². The number of nitrogens with two attached hydrogens (primary N) is 1. The van der Waals surface area contributed by atoms with Gasteiger partial charge in [-0.3, -0.25) is 24.2 Å². The number of benzene rings is 1. The molecule has 1 saturated carbocycles. The van der Waals surface area contributed by atoms with E-state index < -0.39 is 28.2 Å². The maximum absolute atomic E-state index is 12.3. The van der Waals surface area contributed by atoms with E-state index in [0.29, 0.717) is 36.1 Å². The van der Waals surface area contributed by atoms with Crippen molar-refractivity contribution in [2.45, 2.75) is 61.3 Å². The zero-order valence-electron chi connectivity index (χ0n) is 24.5. The molecular formula is C27H36Cl5N7O7. The van der Waals surface area contributed by atoms with Crippen LogP contribution in [-0.2, 0) is 14.4 Å². The second-order valence-corrected chi connectivity index (χ2v) is 12.4. The number of nitrogens with zero attached hydrogens (tertiary/aromatic N) is 1. The number of nitrogen functional groups attached to an aromatic ring is 1. The number of H-pyrrole nitrogens is 1. The molecule has 14 nitrogen and oxygen atoms in total. The Morgan fingerprint density at radius 3 is 2.11 bits per heavy atom. The molecule has 1 fully saturated rings. The molecule has 0 saturated heterocycles. The van der Waals surface area contributed by atoms with Crippen LogP contribution in [0.1, 0.15) is 55.3 Å². The number of carboxylic acids is 2. The number of carbonyl (C=O) groups excluding carboxylic acids is 2. The molecule has 1 aromatic carbocycles. The number of aromatic amines is 1. The minimum Gasteiger partial charge on any atom is -0.481 e. The van der Waals surface area contributed by atoms with Crippen molar-refractivity contribution in [1.82, 2.24) is 15.3 Å². The molecule has 2 aliphatic rings. The molecular weight excluding hydrogens is 712 g/mol. The average molecular weight is 748 g/mol. The van der Waals surface area contributed by atoms with Gasteiger partial charge in [-0.2, -0.15) is 4.98 Å². The van der Waals surface area contributed by atoms with Crippen LogP contribution in [0.15, 0.2) is 29.1 Å². The molecule has 19 heteroatoms. The molecule has 4 rings (SSSR count). The summed E-state index contributed by atoms with van der Waals surface area (Å²) < 4.78 is -0.750. The predicted molar refractivity (Wildman–Crippen MR) is 182 cm³/mol. The Labute approximate surface area is 290 Å². The number of halogens is 5. The number of fused-ring (bicyclic) bond motifs is 1. The fraction of sp³-hybridized carbons (Fsp3) is 0.481. The number of carboxylic acid groups (broad SMARTS) is 2. The fourth-order valence-electron chi connectivity index (χ4n) is 4.04. The molecule has 0 unspecified atom stereocenters. The standard InChI is InChI=1S/C19H23N7O6.C6H10O.CHCl3.CH2Cl2/c20-19-25-15-14(17(30)26-19)23-11(8-22-15)7-21-10-3-1-9(2-4-10)16(29)24-12(18(31)32)5-6-13(27)28;7-6-4-2-1-3-5-6;2-1(3)4;2-1-3/h1-4,11-12,21,23H,5-8H2,(H,24,29)(H,27,28)(H,31,32)(H4,20,22,25,26,30);1-5H2;1H;1H2/t11-,12+;;;/m1.../s1. The lowest BCUT2D eigenvalue weighted by atomic mass is 10.00. The summed E-state index contributed by atoms with van der Waals surface area (Å²) in [6, 6.07) is 4.93. The minimum absolute atomic E-state index is 0.0281. The quantitative estimate of drug-likeness (QED) is 0.164. The summed E-state index contributed by atoms with van der Waals surface area (Å²) in [5.74, 6) is -2.18.